The third kappa shape index (κ3) is 4.17. The highest BCUT2D eigenvalue weighted by atomic mass is 32.1. The molecule has 0 fully saturated rings. The number of amides is 4. The minimum Gasteiger partial charge on any atom is -0.452 e. The number of carbonyl (C=O) groups excluding carboxylic acids is 5. The summed E-state index contributed by atoms with van der Waals surface area (Å²) in [4.78, 5) is 63.5. The lowest BCUT2D eigenvalue weighted by Gasteiger charge is -2.11. The number of carbonyl (C=O) groups is 5. The van der Waals surface area contributed by atoms with Crippen molar-refractivity contribution in [1.82, 2.24) is 4.90 Å². The smallest absolute Gasteiger partial charge is 0.338 e. The zero-order valence-electron chi connectivity index (χ0n) is 17.6. The summed E-state index contributed by atoms with van der Waals surface area (Å²) >= 11 is 1.31. The number of imide groups is 1. The Morgan fingerprint density at radius 2 is 1.88 bits per heavy atom. The molecule has 0 bridgehead atoms. The fraction of sp³-hybridized carbons (Fsp3) is 0.261. The molecule has 170 valence electrons. The van der Waals surface area contributed by atoms with Crippen LogP contribution in [0, 0.1) is 0 Å². The van der Waals surface area contributed by atoms with Crippen LogP contribution in [0.1, 0.15) is 64.7 Å². The quantitative estimate of drug-likeness (QED) is 0.364. The van der Waals surface area contributed by atoms with Gasteiger partial charge in [-0.15, -0.1) is 17.9 Å². The van der Waals surface area contributed by atoms with E-state index in [1.165, 1.54) is 35.6 Å². The van der Waals surface area contributed by atoms with Crippen LogP contribution in [0.25, 0.3) is 0 Å². The van der Waals surface area contributed by atoms with Gasteiger partial charge in [0.25, 0.3) is 23.6 Å². The van der Waals surface area contributed by atoms with Gasteiger partial charge >= 0.3 is 5.97 Å². The van der Waals surface area contributed by atoms with Crippen molar-refractivity contribution in [1.29, 1.82) is 0 Å². The average molecular weight is 468 g/mol. The number of benzene rings is 1. The number of nitrogens with one attached hydrogen (secondary N) is 1. The first-order valence-corrected chi connectivity index (χ1v) is 11.2. The number of thiophene rings is 1. The molecular weight excluding hydrogens is 446 g/mol. The lowest BCUT2D eigenvalue weighted by atomic mass is 9.95. The van der Waals surface area contributed by atoms with Crippen molar-refractivity contribution in [3.63, 3.8) is 0 Å². The standard InChI is InChI=1S/C23H21N3O6S/c1-2-9-26-21(29)13-8-7-12(10-15(13)22(26)30)23(31)32-11-17(27)25-20-18(19(24)28)14-5-3-4-6-16(14)33-20/h2,7-8,10H,1,3-6,9,11H2,(H2,24,28)(H,25,27). The number of anilines is 1. The van der Waals surface area contributed by atoms with Crippen molar-refractivity contribution in [3.8, 4) is 0 Å². The van der Waals surface area contributed by atoms with Crippen LogP contribution in [0.3, 0.4) is 0 Å². The van der Waals surface area contributed by atoms with Crippen molar-refractivity contribution in [2.24, 2.45) is 5.73 Å². The van der Waals surface area contributed by atoms with Gasteiger partial charge in [0.2, 0.25) is 0 Å². The molecule has 0 atom stereocenters. The molecule has 0 radical (unpaired) electrons. The molecule has 4 amide bonds. The second-order valence-electron chi connectivity index (χ2n) is 7.67. The zero-order chi connectivity index (χ0) is 23.7. The van der Waals surface area contributed by atoms with Gasteiger partial charge in [-0.2, -0.15) is 0 Å². The summed E-state index contributed by atoms with van der Waals surface area (Å²) in [5.74, 6) is -3.03. The van der Waals surface area contributed by atoms with E-state index in [1.807, 2.05) is 0 Å². The van der Waals surface area contributed by atoms with Crippen molar-refractivity contribution in [2.75, 3.05) is 18.5 Å². The number of hydrogen-bond acceptors (Lipinski definition) is 7. The largest absolute Gasteiger partial charge is 0.452 e. The maximum Gasteiger partial charge on any atom is 0.338 e. The topological polar surface area (TPSA) is 136 Å². The van der Waals surface area contributed by atoms with Gasteiger partial charge in [-0.3, -0.25) is 24.1 Å². The second kappa shape index (κ2) is 8.99. The number of esters is 1. The Hall–Kier alpha value is -3.79. The Morgan fingerprint density at radius 1 is 1.15 bits per heavy atom. The predicted molar refractivity (Wildman–Crippen MR) is 120 cm³/mol. The third-order valence-corrected chi connectivity index (χ3v) is 6.73. The molecule has 3 N–H and O–H groups in total. The zero-order valence-corrected chi connectivity index (χ0v) is 18.5. The molecule has 0 spiro atoms. The molecule has 1 aliphatic carbocycles. The number of primary amides is 1. The van der Waals surface area contributed by atoms with Crippen LogP contribution in [0.2, 0.25) is 0 Å². The molecule has 2 heterocycles. The lowest BCUT2D eigenvalue weighted by molar-refractivity contribution is -0.119. The van der Waals surface area contributed by atoms with E-state index in [4.69, 9.17) is 10.5 Å². The number of rotatable bonds is 7. The number of ether oxygens (including phenoxy) is 1. The highest BCUT2D eigenvalue weighted by Crippen LogP contribution is 2.37. The molecule has 9 nitrogen and oxygen atoms in total. The van der Waals surface area contributed by atoms with E-state index < -0.39 is 36.2 Å². The lowest BCUT2D eigenvalue weighted by Crippen LogP contribution is -2.29. The molecule has 33 heavy (non-hydrogen) atoms. The first-order valence-electron chi connectivity index (χ1n) is 10.3. The minimum absolute atomic E-state index is 0.0348. The van der Waals surface area contributed by atoms with Crippen molar-refractivity contribution < 1.29 is 28.7 Å². The van der Waals surface area contributed by atoms with Gasteiger partial charge in [0.1, 0.15) is 5.00 Å². The molecule has 1 aromatic heterocycles. The number of fused-ring (bicyclic) bond motifs is 2. The van der Waals surface area contributed by atoms with Crippen molar-refractivity contribution in [2.45, 2.75) is 25.7 Å². The van der Waals surface area contributed by atoms with E-state index in [2.05, 4.69) is 11.9 Å². The van der Waals surface area contributed by atoms with Gasteiger partial charge in [0.05, 0.1) is 22.3 Å². The minimum atomic E-state index is -0.823. The van der Waals surface area contributed by atoms with Crippen LogP contribution >= 0.6 is 11.3 Å². The van der Waals surface area contributed by atoms with E-state index in [-0.39, 0.29) is 23.2 Å². The number of hydrogen-bond donors (Lipinski definition) is 2. The van der Waals surface area contributed by atoms with E-state index in [1.54, 1.807) is 0 Å². The molecular formula is C23H21N3O6S. The van der Waals surface area contributed by atoms with Gasteiger partial charge in [-0.1, -0.05) is 6.08 Å². The highest BCUT2D eigenvalue weighted by molar-refractivity contribution is 7.17. The molecule has 10 heteroatoms. The number of nitrogens with zero attached hydrogens (tertiary/aromatic N) is 1. The van der Waals surface area contributed by atoms with Gasteiger partial charge < -0.3 is 15.8 Å². The summed E-state index contributed by atoms with van der Waals surface area (Å²) in [6.45, 7) is 2.99. The average Bonchev–Trinajstić information content (AvgIpc) is 3.27. The predicted octanol–water partition coefficient (Wildman–Crippen LogP) is 2.30. The van der Waals surface area contributed by atoms with Gasteiger partial charge in [0.15, 0.2) is 6.61 Å². The fourth-order valence-corrected chi connectivity index (χ4v) is 5.32. The van der Waals surface area contributed by atoms with Crippen LogP contribution in [0.15, 0.2) is 30.9 Å². The number of aryl methyl sites for hydroxylation is 1. The third-order valence-electron chi connectivity index (χ3n) is 5.52. The molecule has 1 aliphatic heterocycles. The Morgan fingerprint density at radius 3 is 2.61 bits per heavy atom. The van der Waals surface area contributed by atoms with Crippen LogP contribution in [0.5, 0.6) is 0 Å². The fourth-order valence-electron chi connectivity index (χ4n) is 4.00. The van der Waals surface area contributed by atoms with E-state index in [0.29, 0.717) is 10.6 Å². The van der Waals surface area contributed by atoms with Crippen LogP contribution in [-0.4, -0.2) is 47.6 Å². The molecule has 0 saturated carbocycles. The maximum absolute atomic E-state index is 12.4. The molecule has 0 unspecified atom stereocenters. The molecule has 2 aromatic rings. The van der Waals surface area contributed by atoms with Crippen LogP contribution in [0.4, 0.5) is 5.00 Å². The second-order valence-corrected chi connectivity index (χ2v) is 8.78. The SMILES string of the molecule is C=CCN1C(=O)c2ccc(C(=O)OCC(=O)Nc3sc4c(c3C(N)=O)CCCC4)cc2C1=O. The summed E-state index contributed by atoms with van der Waals surface area (Å²) < 4.78 is 5.07. The maximum atomic E-state index is 12.4. The van der Waals surface area contributed by atoms with Gasteiger partial charge in [-0.05, 0) is 49.4 Å². The summed E-state index contributed by atoms with van der Waals surface area (Å²) in [5.41, 5.74) is 7.04. The van der Waals surface area contributed by atoms with Crippen molar-refractivity contribution >= 4 is 45.9 Å². The number of nitrogens with two attached hydrogens (primary N) is 1. The van der Waals surface area contributed by atoms with E-state index in [9.17, 15) is 24.0 Å². The first-order chi connectivity index (χ1) is 15.8. The molecule has 4 rings (SSSR count). The summed E-state index contributed by atoms with van der Waals surface area (Å²) in [7, 11) is 0. The molecule has 2 aliphatic rings. The molecule has 0 saturated heterocycles. The van der Waals surface area contributed by atoms with Crippen molar-refractivity contribution in [3.05, 3.63) is 63.5 Å². The Labute approximate surface area is 193 Å². The van der Waals surface area contributed by atoms with E-state index >= 15 is 0 Å². The van der Waals surface area contributed by atoms with Gasteiger partial charge in [0, 0.05) is 11.4 Å². The Balaban J connectivity index is 1.42. The summed E-state index contributed by atoms with van der Waals surface area (Å²) in [6.07, 6.45) is 4.96. The Bertz CT molecular complexity index is 1220. The van der Waals surface area contributed by atoms with Gasteiger partial charge in [-0.25, -0.2) is 4.79 Å². The summed E-state index contributed by atoms with van der Waals surface area (Å²) in [5, 5.41) is 2.98. The summed E-state index contributed by atoms with van der Waals surface area (Å²) in [6, 6.07) is 4.02. The highest BCUT2D eigenvalue weighted by Gasteiger charge is 2.35. The normalized spacial score (nSPS) is 14.5. The van der Waals surface area contributed by atoms with E-state index in [0.717, 1.165) is 41.0 Å². The molecule has 1 aromatic carbocycles. The monoisotopic (exact) mass is 467 g/mol. The van der Waals surface area contributed by atoms with Crippen LogP contribution in [-0.2, 0) is 22.4 Å². The van der Waals surface area contributed by atoms with Crippen LogP contribution < -0.4 is 11.1 Å². The first kappa shape index (κ1) is 22.4. The Kier molecular flexibility index (Phi) is 6.10.